The number of nitrogens with zero attached hydrogens (tertiary/aromatic N) is 3. The SMILES string of the molecule is C[C@H]1CNCCN1C(=O)c1cncn1C. The van der Waals surface area contributed by atoms with Crippen LogP contribution in [-0.2, 0) is 7.05 Å². The van der Waals surface area contributed by atoms with Gasteiger partial charge in [0.05, 0.1) is 12.5 Å². The van der Waals surface area contributed by atoms with Gasteiger partial charge in [-0.15, -0.1) is 0 Å². The summed E-state index contributed by atoms with van der Waals surface area (Å²) in [5.74, 6) is 0.0731. The summed E-state index contributed by atoms with van der Waals surface area (Å²) in [5, 5.41) is 3.26. The molecule has 0 spiro atoms. The minimum absolute atomic E-state index is 0.0731. The summed E-state index contributed by atoms with van der Waals surface area (Å²) < 4.78 is 1.76. The first kappa shape index (κ1) is 10.2. The first-order chi connectivity index (χ1) is 7.20. The van der Waals surface area contributed by atoms with E-state index in [9.17, 15) is 4.79 Å². The second kappa shape index (κ2) is 4.02. The Balaban J connectivity index is 2.17. The normalized spacial score (nSPS) is 21.7. The van der Waals surface area contributed by atoms with Gasteiger partial charge in [-0.3, -0.25) is 4.79 Å². The molecule has 2 heterocycles. The third kappa shape index (κ3) is 1.87. The highest BCUT2D eigenvalue weighted by molar-refractivity contribution is 5.92. The number of aryl methyl sites for hydroxylation is 1. The van der Waals surface area contributed by atoms with Crippen LogP contribution < -0.4 is 5.32 Å². The summed E-state index contributed by atoms with van der Waals surface area (Å²) in [5.41, 5.74) is 0.656. The fourth-order valence-electron chi connectivity index (χ4n) is 1.85. The molecule has 1 fully saturated rings. The summed E-state index contributed by atoms with van der Waals surface area (Å²) in [6, 6.07) is 0.251. The molecule has 0 aromatic carbocycles. The monoisotopic (exact) mass is 208 g/mol. The van der Waals surface area contributed by atoms with E-state index in [1.54, 1.807) is 17.1 Å². The predicted octanol–water partition coefficient (Wildman–Crippen LogP) is -0.146. The zero-order valence-corrected chi connectivity index (χ0v) is 9.10. The molecule has 1 aromatic heterocycles. The first-order valence-corrected chi connectivity index (χ1v) is 5.18. The summed E-state index contributed by atoms with van der Waals surface area (Å²) in [6.07, 6.45) is 3.27. The lowest BCUT2D eigenvalue weighted by molar-refractivity contribution is 0.0646. The van der Waals surface area contributed by atoms with Crippen LogP contribution in [0.2, 0.25) is 0 Å². The molecule has 2 rings (SSSR count). The Morgan fingerprint density at radius 3 is 3.07 bits per heavy atom. The Morgan fingerprint density at radius 1 is 1.67 bits per heavy atom. The number of carbonyl (C=O) groups excluding carboxylic acids is 1. The zero-order valence-electron chi connectivity index (χ0n) is 9.10. The van der Waals surface area contributed by atoms with Gasteiger partial charge in [0.1, 0.15) is 5.69 Å². The number of amides is 1. The molecule has 0 aliphatic carbocycles. The van der Waals surface area contributed by atoms with Crippen LogP contribution in [0.1, 0.15) is 17.4 Å². The number of carbonyl (C=O) groups is 1. The maximum Gasteiger partial charge on any atom is 0.272 e. The Hall–Kier alpha value is -1.36. The number of imidazole rings is 1. The summed E-state index contributed by atoms with van der Waals surface area (Å²) >= 11 is 0. The lowest BCUT2D eigenvalue weighted by Gasteiger charge is -2.33. The van der Waals surface area contributed by atoms with Crippen molar-refractivity contribution in [3.63, 3.8) is 0 Å². The highest BCUT2D eigenvalue weighted by Crippen LogP contribution is 2.09. The van der Waals surface area contributed by atoms with Gasteiger partial charge in [-0.05, 0) is 6.92 Å². The average molecular weight is 208 g/mol. The summed E-state index contributed by atoms with van der Waals surface area (Å²) in [7, 11) is 1.84. The van der Waals surface area contributed by atoms with E-state index in [1.807, 2.05) is 11.9 Å². The number of piperazine rings is 1. The van der Waals surface area contributed by atoms with Gasteiger partial charge in [0, 0.05) is 32.7 Å². The second-order valence-electron chi connectivity index (χ2n) is 3.94. The minimum Gasteiger partial charge on any atom is -0.332 e. The van der Waals surface area contributed by atoms with Crippen molar-refractivity contribution in [1.82, 2.24) is 19.8 Å². The minimum atomic E-state index is 0.0731. The smallest absolute Gasteiger partial charge is 0.272 e. The zero-order chi connectivity index (χ0) is 10.8. The van der Waals surface area contributed by atoms with Gasteiger partial charge in [0.15, 0.2) is 0 Å². The van der Waals surface area contributed by atoms with Gasteiger partial charge in [-0.1, -0.05) is 0 Å². The molecular weight excluding hydrogens is 192 g/mol. The van der Waals surface area contributed by atoms with Crippen molar-refractivity contribution in [3.05, 3.63) is 18.2 Å². The Bertz CT molecular complexity index is 360. The van der Waals surface area contributed by atoms with Gasteiger partial charge < -0.3 is 14.8 Å². The molecule has 1 N–H and O–H groups in total. The van der Waals surface area contributed by atoms with E-state index in [1.165, 1.54) is 0 Å². The summed E-state index contributed by atoms with van der Waals surface area (Å²) in [4.78, 5) is 18.0. The van der Waals surface area contributed by atoms with Gasteiger partial charge in [0.25, 0.3) is 5.91 Å². The van der Waals surface area contributed by atoms with Crippen molar-refractivity contribution in [2.45, 2.75) is 13.0 Å². The quantitative estimate of drug-likeness (QED) is 0.698. The fourth-order valence-corrected chi connectivity index (χ4v) is 1.85. The predicted molar refractivity (Wildman–Crippen MR) is 56.6 cm³/mol. The number of hydrogen-bond donors (Lipinski definition) is 1. The molecule has 82 valence electrons. The highest BCUT2D eigenvalue weighted by atomic mass is 16.2. The molecule has 1 aliphatic heterocycles. The molecule has 1 aromatic rings. The van der Waals surface area contributed by atoms with Crippen molar-refractivity contribution in [2.24, 2.45) is 7.05 Å². The molecule has 5 nitrogen and oxygen atoms in total. The molecule has 1 aliphatic rings. The molecule has 0 bridgehead atoms. The Labute approximate surface area is 89.1 Å². The van der Waals surface area contributed by atoms with E-state index in [0.717, 1.165) is 19.6 Å². The number of hydrogen-bond acceptors (Lipinski definition) is 3. The third-order valence-corrected chi connectivity index (χ3v) is 2.80. The molecule has 0 radical (unpaired) electrons. The maximum absolute atomic E-state index is 12.1. The molecule has 5 heteroatoms. The molecule has 1 atom stereocenters. The average Bonchev–Trinajstić information content (AvgIpc) is 2.64. The van der Waals surface area contributed by atoms with Gasteiger partial charge >= 0.3 is 0 Å². The van der Waals surface area contributed by atoms with Crippen LogP contribution >= 0.6 is 0 Å². The topological polar surface area (TPSA) is 50.2 Å². The van der Waals surface area contributed by atoms with Crippen LogP contribution in [0.15, 0.2) is 12.5 Å². The van der Waals surface area contributed by atoms with Crippen LogP contribution in [0.5, 0.6) is 0 Å². The van der Waals surface area contributed by atoms with Crippen LogP contribution in [-0.4, -0.2) is 46.0 Å². The van der Waals surface area contributed by atoms with Crippen LogP contribution in [0.3, 0.4) is 0 Å². The van der Waals surface area contributed by atoms with Gasteiger partial charge in [0.2, 0.25) is 0 Å². The lowest BCUT2D eigenvalue weighted by atomic mass is 10.2. The first-order valence-electron chi connectivity index (χ1n) is 5.18. The van der Waals surface area contributed by atoms with Gasteiger partial charge in [-0.25, -0.2) is 4.98 Å². The van der Waals surface area contributed by atoms with Crippen LogP contribution in [0, 0.1) is 0 Å². The summed E-state index contributed by atoms with van der Waals surface area (Å²) in [6.45, 7) is 4.56. The van der Waals surface area contributed by atoms with Crippen molar-refractivity contribution in [1.29, 1.82) is 0 Å². The Kier molecular flexibility index (Phi) is 2.73. The second-order valence-corrected chi connectivity index (χ2v) is 3.94. The number of aromatic nitrogens is 2. The van der Waals surface area contributed by atoms with E-state index >= 15 is 0 Å². The van der Waals surface area contributed by atoms with Gasteiger partial charge in [-0.2, -0.15) is 0 Å². The molecule has 1 amide bonds. The van der Waals surface area contributed by atoms with Crippen molar-refractivity contribution >= 4 is 5.91 Å². The van der Waals surface area contributed by atoms with E-state index in [2.05, 4.69) is 17.2 Å². The van der Waals surface area contributed by atoms with Crippen LogP contribution in [0.4, 0.5) is 0 Å². The number of rotatable bonds is 1. The van der Waals surface area contributed by atoms with Crippen molar-refractivity contribution in [2.75, 3.05) is 19.6 Å². The standard InChI is InChI=1S/C10H16N4O/c1-8-5-11-3-4-14(8)10(15)9-6-12-7-13(9)2/h6-8,11H,3-5H2,1-2H3/t8-/m0/s1. The molecule has 0 unspecified atom stereocenters. The van der Waals surface area contributed by atoms with Crippen LogP contribution in [0.25, 0.3) is 0 Å². The van der Waals surface area contributed by atoms with Crippen molar-refractivity contribution in [3.8, 4) is 0 Å². The maximum atomic E-state index is 12.1. The van der Waals surface area contributed by atoms with E-state index in [-0.39, 0.29) is 11.9 Å². The lowest BCUT2D eigenvalue weighted by Crippen LogP contribution is -2.52. The molecule has 0 saturated carbocycles. The fraction of sp³-hybridized carbons (Fsp3) is 0.600. The molecular formula is C10H16N4O. The van der Waals surface area contributed by atoms with E-state index in [0.29, 0.717) is 5.69 Å². The molecule has 15 heavy (non-hydrogen) atoms. The third-order valence-electron chi connectivity index (χ3n) is 2.80. The number of nitrogens with one attached hydrogen (secondary N) is 1. The van der Waals surface area contributed by atoms with E-state index in [4.69, 9.17) is 0 Å². The largest absolute Gasteiger partial charge is 0.332 e. The van der Waals surface area contributed by atoms with E-state index < -0.39 is 0 Å². The van der Waals surface area contributed by atoms with Crippen molar-refractivity contribution < 1.29 is 4.79 Å². The molecule has 1 saturated heterocycles. The Morgan fingerprint density at radius 2 is 2.47 bits per heavy atom. The highest BCUT2D eigenvalue weighted by Gasteiger charge is 2.25.